The van der Waals surface area contributed by atoms with Crippen molar-refractivity contribution in [1.29, 1.82) is 0 Å². The van der Waals surface area contributed by atoms with Gasteiger partial charge in [0.25, 0.3) is 0 Å². The molecule has 1 aromatic heterocycles. The lowest BCUT2D eigenvalue weighted by molar-refractivity contribution is 0.204. The van der Waals surface area contributed by atoms with Crippen LogP contribution in [0.5, 0.6) is 0 Å². The summed E-state index contributed by atoms with van der Waals surface area (Å²) < 4.78 is 1.50. The molecule has 1 aromatic carbocycles. The molecule has 2 unspecified atom stereocenters. The van der Waals surface area contributed by atoms with E-state index in [4.69, 9.17) is 5.73 Å². The largest absolute Gasteiger partial charge is 0.354 e. The van der Waals surface area contributed by atoms with Gasteiger partial charge in [-0.3, -0.25) is 9.88 Å². The Balaban J connectivity index is 1.24. The van der Waals surface area contributed by atoms with Crippen LogP contribution in [-0.2, 0) is 5.41 Å². The second-order valence-corrected chi connectivity index (χ2v) is 10.7. The quantitative estimate of drug-likeness (QED) is 0.592. The van der Waals surface area contributed by atoms with Crippen LogP contribution < -0.4 is 22.1 Å². The Labute approximate surface area is 200 Å². The van der Waals surface area contributed by atoms with Crippen molar-refractivity contribution in [2.24, 2.45) is 17.1 Å². The first-order chi connectivity index (χ1) is 16.3. The molecule has 1 aliphatic carbocycles. The number of amides is 2. The van der Waals surface area contributed by atoms with Crippen molar-refractivity contribution < 1.29 is 4.79 Å². The summed E-state index contributed by atoms with van der Waals surface area (Å²) in [5, 5.41) is 5.94. The summed E-state index contributed by atoms with van der Waals surface area (Å²) in [6, 6.07) is 9.54. The molecule has 0 radical (unpaired) electrons. The lowest BCUT2D eigenvalue weighted by Gasteiger charge is -2.32. The predicted octanol–water partition coefficient (Wildman–Crippen LogP) is 1.23. The number of urea groups is 1. The Hall–Kier alpha value is -2.75. The Bertz CT molecular complexity index is 1100. The molecule has 2 amide bonds. The normalized spacial score (nSPS) is 24.7. The highest BCUT2D eigenvalue weighted by Crippen LogP contribution is 2.57. The summed E-state index contributed by atoms with van der Waals surface area (Å²) in [5.41, 5.74) is 7.95. The molecule has 5 rings (SSSR count). The number of aromatic nitrogens is 2. The maximum absolute atomic E-state index is 12.7. The van der Waals surface area contributed by atoms with Gasteiger partial charge in [0.15, 0.2) is 0 Å². The zero-order valence-corrected chi connectivity index (χ0v) is 20.1. The third-order valence-electron chi connectivity index (χ3n) is 7.77. The lowest BCUT2D eigenvalue weighted by atomic mass is 9.84. The van der Waals surface area contributed by atoms with E-state index in [9.17, 15) is 9.59 Å². The van der Waals surface area contributed by atoms with Crippen molar-refractivity contribution in [1.82, 2.24) is 24.7 Å². The standard InChI is InChI=1S/C25H35N7O2/c1-24(2,16-30-14-19-13-25(19,15-26)17-30)18-3-5-20(6-4-18)32-10-7-21(29-23(32)34)28-22(33)31-11-8-27-9-12-31/h3-7,10,19,27H,8-9,11-17,26H2,1-2H3,(H,28,29,33,34). The second kappa shape index (κ2) is 8.79. The average molecular weight is 466 g/mol. The lowest BCUT2D eigenvalue weighted by Crippen LogP contribution is -2.48. The minimum Gasteiger partial charge on any atom is -0.330 e. The van der Waals surface area contributed by atoms with Crippen molar-refractivity contribution in [2.45, 2.75) is 25.7 Å². The van der Waals surface area contributed by atoms with Crippen LogP contribution in [0.2, 0.25) is 0 Å². The molecule has 0 bridgehead atoms. The van der Waals surface area contributed by atoms with E-state index in [1.807, 2.05) is 12.1 Å². The molecule has 9 nitrogen and oxygen atoms in total. The number of anilines is 1. The Morgan fingerprint density at radius 2 is 1.97 bits per heavy atom. The van der Waals surface area contributed by atoms with Crippen LogP contribution in [0.25, 0.3) is 5.69 Å². The number of nitrogens with one attached hydrogen (secondary N) is 2. The third-order valence-corrected chi connectivity index (χ3v) is 7.77. The summed E-state index contributed by atoms with van der Waals surface area (Å²) in [6.07, 6.45) is 2.95. The molecule has 2 aromatic rings. The van der Waals surface area contributed by atoms with Gasteiger partial charge in [-0.25, -0.2) is 9.59 Å². The van der Waals surface area contributed by atoms with E-state index in [1.165, 1.54) is 16.6 Å². The highest BCUT2D eigenvalue weighted by molar-refractivity contribution is 5.88. The van der Waals surface area contributed by atoms with Crippen molar-refractivity contribution in [3.8, 4) is 5.69 Å². The molecular weight excluding hydrogens is 430 g/mol. The van der Waals surface area contributed by atoms with Crippen LogP contribution in [0.3, 0.4) is 0 Å². The fourth-order valence-corrected chi connectivity index (χ4v) is 5.59. The van der Waals surface area contributed by atoms with E-state index in [0.717, 1.165) is 50.9 Å². The Morgan fingerprint density at radius 1 is 1.24 bits per heavy atom. The van der Waals surface area contributed by atoms with Crippen molar-refractivity contribution in [2.75, 3.05) is 57.7 Å². The van der Waals surface area contributed by atoms with Crippen LogP contribution in [0, 0.1) is 11.3 Å². The number of hydrogen-bond donors (Lipinski definition) is 3. The van der Waals surface area contributed by atoms with Gasteiger partial charge in [0.05, 0.1) is 5.69 Å². The molecule has 34 heavy (non-hydrogen) atoms. The number of carbonyl (C=O) groups excluding carboxylic acids is 1. The molecule has 182 valence electrons. The molecule has 0 spiro atoms. The van der Waals surface area contributed by atoms with Gasteiger partial charge >= 0.3 is 11.7 Å². The van der Waals surface area contributed by atoms with Crippen LogP contribution in [0.1, 0.15) is 25.8 Å². The topological polar surface area (TPSA) is 109 Å². The number of benzene rings is 1. The molecule has 3 fully saturated rings. The fraction of sp³-hybridized carbons (Fsp3) is 0.560. The maximum Gasteiger partial charge on any atom is 0.354 e. The number of nitrogens with zero attached hydrogens (tertiary/aromatic N) is 4. The predicted molar refractivity (Wildman–Crippen MR) is 132 cm³/mol. The monoisotopic (exact) mass is 465 g/mol. The summed E-state index contributed by atoms with van der Waals surface area (Å²) in [7, 11) is 0. The number of piperidine rings is 1. The number of hydrogen-bond acceptors (Lipinski definition) is 6. The third kappa shape index (κ3) is 4.47. The van der Waals surface area contributed by atoms with E-state index in [2.05, 4.69) is 46.5 Å². The SMILES string of the molecule is CC(C)(CN1CC2CC2(CN)C1)c1ccc(-n2ccc(NC(=O)N3CCNCC3)nc2=O)cc1. The minimum atomic E-state index is -0.423. The Morgan fingerprint density at radius 3 is 2.62 bits per heavy atom. The molecule has 3 aliphatic rings. The van der Waals surface area contributed by atoms with E-state index in [0.29, 0.717) is 18.5 Å². The van der Waals surface area contributed by atoms with Gasteiger partial charge < -0.3 is 20.9 Å². The van der Waals surface area contributed by atoms with Crippen LogP contribution in [-0.4, -0.2) is 77.7 Å². The van der Waals surface area contributed by atoms with Gasteiger partial charge in [0.2, 0.25) is 0 Å². The molecular formula is C25H35N7O2. The zero-order chi connectivity index (χ0) is 23.9. The molecule has 2 aliphatic heterocycles. The molecule has 2 atom stereocenters. The van der Waals surface area contributed by atoms with Crippen LogP contribution >= 0.6 is 0 Å². The van der Waals surface area contributed by atoms with Gasteiger partial charge in [-0.1, -0.05) is 26.0 Å². The number of likely N-dealkylation sites (tertiary alicyclic amines) is 1. The molecule has 1 saturated carbocycles. The van der Waals surface area contributed by atoms with E-state index in [1.54, 1.807) is 17.2 Å². The molecule has 2 saturated heterocycles. The number of rotatable bonds is 6. The first-order valence-corrected chi connectivity index (χ1v) is 12.2. The highest BCUT2D eigenvalue weighted by Gasteiger charge is 2.58. The van der Waals surface area contributed by atoms with Crippen LogP contribution in [0.4, 0.5) is 10.6 Å². The smallest absolute Gasteiger partial charge is 0.330 e. The minimum absolute atomic E-state index is 0.00752. The van der Waals surface area contributed by atoms with Crippen LogP contribution in [0.15, 0.2) is 41.3 Å². The second-order valence-electron chi connectivity index (χ2n) is 10.7. The summed E-state index contributed by atoms with van der Waals surface area (Å²) >= 11 is 0. The van der Waals surface area contributed by atoms with E-state index < -0.39 is 5.69 Å². The van der Waals surface area contributed by atoms with Gasteiger partial charge in [-0.15, -0.1) is 0 Å². The van der Waals surface area contributed by atoms with Crippen molar-refractivity contribution in [3.63, 3.8) is 0 Å². The summed E-state index contributed by atoms with van der Waals surface area (Å²) in [5.74, 6) is 1.04. The van der Waals surface area contributed by atoms with E-state index in [-0.39, 0.29) is 17.3 Å². The molecule has 4 N–H and O–H groups in total. The van der Waals surface area contributed by atoms with Crippen molar-refractivity contribution >= 4 is 11.8 Å². The molecule has 9 heteroatoms. The van der Waals surface area contributed by atoms with Gasteiger partial charge in [-0.05, 0) is 48.1 Å². The zero-order valence-electron chi connectivity index (χ0n) is 20.1. The number of piperazine rings is 1. The first-order valence-electron chi connectivity index (χ1n) is 12.2. The number of carbonyl (C=O) groups is 1. The Kier molecular flexibility index (Phi) is 5.95. The number of nitrogens with two attached hydrogens (primary N) is 1. The van der Waals surface area contributed by atoms with Crippen molar-refractivity contribution in [3.05, 3.63) is 52.6 Å². The highest BCUT2D eigenvalue weighted by atomic mass is 16.2. The van der Waals surface area contributed by atoms with E-state index >= 15 is 0 Å². The summed E-state index contributed by atoms with van der Waals surface area (Å²) in [4.78, 5) is 33.4. The van der Waals surface area contributed by atoms with Gasteiger partial charge in [-0.2, -0.15) is 4.98 Å². The number of fused-ring (bicyclic) bond motifs is 1. The molecule has 3 heterocycles. The average Bonchev–Trinajstić information content (AvgIpc) is 3.40. The maximum atomic E-state index is 12.7. The van der Waals surface area contributed by atoms with Gasteiger partial charge in [0.1, 0.15) is 5.82 Å². The fourth-order valence-electron chi connectivity index (χ4n) is 5.59. The van der Waals surface area contributed by atoms with Gasteiger partial charge in [0, 0.05) is 57.4 Å². The summed E-state index contributed by atoms with van der Waals surface area (Å²) in [6.45, 7) is 11.4. The first kappa shape index (κ1) is 23.0.